The highest BCUT2D eigenvalue weighted by Gasteiger charge is 2.11. The predicted octanol–water partition coefficient (Wildman–Crippen LogP) is 3.41. The Kier molecular flexibility index (Phi) is 10.9. The number of rotatable bonds is 4. The lowest BCUT2D eigenvalue weighted by Gasteiger charge is -2.23. The molecule has 0 bridgehead atoms. The summed E-state index contributed by atoms with van der Waals surface area (Å²) >= 11 is 6.95. The third-order valence-electron chi connectivity index (χ3n) is 1.65. The van der Waals surface area contributed by atoms with Gasteiger partial charge < -0.3 is 4.90 Å². The van der Waals surface area contributed by atoms with Crippen molar-refractivity contribution in [3.8, 4) is 0 Å². The summed E-state index contributed by atoms with van der Waals surface area (Å²) in [7, 11) is 4.24. The molecule has 0 aliphatic heterocycles. The van der Waals surface area contributed by atoms with Gasteiger partial charge in [-0.2, -0.15) is 0 Å². The average molecular weight is 354 g/mol. The van der Waals surface area contributed by atoms with E-state index in [4.69, 9.17) is 0 Å². The Morgan fingerprint density at radius 1 is 1.27 bits per heavy atom. The van der Waals surface area contributed by atoms with Crippen molar-refractivity contribution in [1.82, 2.24) is 4.90 Å². The summed E-state index contributed by atoms with van der Waals surface area (Å²) in [5.74, 6) is 0. The van der Waals surface area contributed by atoms with E-state index in [2.05, 4.69) is 57.8 Å². The van der Waals surface area contributed by atoms with E-state index in [1.807, 2.05) is 0 Å². The highest BCUT2D eigenvalue weighted by Crippen LogP contribution is 2.18. The molecule has 0 amide bonds. The van der Waals surface area contributed by atoms with Crippen LogP contribution in [0.1, 0.15) is 19.8 Å². The molecule has 0 rings (SSSR count). The minimum Gasteiger partial charge on any atom is -0.306 e. The molecule has 0 heterocycles. The second-order valence-electron chi connectivity index (χ2n) is 2.65. The zero-order chi connectivity index (χ0) is 8.15. The molecule has 0 aromatic carbocycles. The zero-order valence-electron chi connectivity index (χ0n) is 7.18. The maximum absolute atomic E-state index is 3.47. The Balaban J connectivity index is 0. The maximum Gasteiger partial charge on any atom is 0.0712 e. The van der Waals surface area contributed by atoms with Gasteiger partial charge >= 0.3 is 0 Å². The molecular formula is C7H16Br3N. The Morgan fingerprint density at radius 3 is 1.82 bits per heavy atom. The van der Waals surface area contributed by atoms with Crippen LogP contribution < -0.4 is 0 Å². The first-order chi connectivity index (χ1) is 4.57. The quantitative estimate of drug-likeness (QED) is 0.700. The topological polar surface area (TPSA) is 3.24 Å². The first kappa shape index (κ1) is 14.9. The summed E-state index contributed by atoms with van der Waals surface area (Å²) in [6, 6.07) is 0.684. The van der Waals surface area contributed by atoms with Crippen molar-refractivity contribution in [2.75, 3.05) is 14.1 Å². The molecule has 1 unspecified atom stereocenters. The zero-order valence-corrected chi connectivity index (χ0v) is 12.1. The summed E-state index contributed by atoms with van der Waals surface area (Å²) < 4.78 is 0.451. The molecule has 0 radical (unpaired) electrons. The van der Waals surface area contributed by atoms with Crippen LogP contribution in [-0.4, -0.2) is 28.8 Å². The van der Waals surface area contributed by atoms with Crippen molar-refractivity contribution >= 4 is 48.8 Å². The molecule has 4 heteroatoms. The summed E-state index contributed by atoms with van der Waals surface area (Å²) in [5.41, 5.74) is 0. The van der Waals surface area contributed by atoms with Gasteiger partial charge in [-0.05, 0) is 26.9 Å². The van der Waals surface area contributed by atoms with Gasteiger partial charge in [0.2, 0.25) is 0 Å². The van der Waals surface area contributed by atoms with Crippen LogP contribution >= 0.6 is 48.8 Å². The number of nitrogens with zero attached hydrogens (tertiary/aromatic N) is 1. The lowest BCUT2D eigenvalue weighted by atomic mass is 10.1. The average Bonchev–Trinajstić information content (AvgIpc) is 1.81. The molecule has 1 nitrogen and oxygen atoms in total. The predicted molar refractivity (Wildman–Crippen MR) is 64.3 cm³/mol. The van der Waals surface area contributed by atoms with Gasteiger partial charge in [0, 0.05) is 6.04 Å². The molecule has 1 atom stereocenters. The van der Waals surface area contributed by atoms with Gasteiger partial charge in [0.15, 0.2) is 0 Å². The van der Waals surface area contributed by atoms with Crippen molar-refractivity contribution in [3.63, 3.8) is 0 Å². The second kappa shape index (κ2) is 8.02. The standard InChI is InChI=1S/C7H15Br2N.BrH/c1-4-6(10(2)3)5-7(8)9;/h6-7H,4-5H2,1-3H3;1H. The Bertz CT molecular complexity index is 85.8. The maximum atomic E-state index is 3.47. The first-order valence-electron chi connectivity index (χ1n) is 3.52. The summed E-state index contributed by atoms with van der Waals surface area (Å²) in [5, 5.41) is 0. The van der Waals surface area contributed by atoms with Gasteiger partial charge in [-0.1, -0.05) is 38.8 Å². The van der Waals surface area contributed by atoms with E-state index >= 15 is 0 Å². The monoisotopic (exact) mass is 351 g/mol. The third kappa shape index (κ3) is 7.75. The van der Waals surface area contributed by atoms with Gasteiger partial charge in [0.1, 0.15) is 0 Å². The third-order valence-corrected chi connectivity index (χ3v) is 2.40. The normalized spacial score (nSPS) is 13.4. The number of halogens is 3. The fraction of sp³-hybridized carbons (Fsp3) is 1.00. The highest BCUT2D eigenvalue weighted by atomic mass is 79.9. The van der Waals surface area contributed by atoms with Crippen molar-refractivity contribution in [1.29, 1.82) is 0 Å². The molecule has 0 fully saturated rings. The summed E-state index contributed by atoms with van der Waals surface area (Å²) in [6.07, 6.45) is 2.37. The van der Waals surface area contributed by atoms with E-state index in [0.29, 0.717) is 9.78 Å². The molecule has 11 heavy (non-hydrogen) atoms. The van der Waals surface area contributed by atoms with E-state index in [0.717, 1.165) is 6.42 Å². The van der Waals surface area contributed by atoms with Crippen LogP contribution in [-0.2, 0) is 0 Å². The van der Waals surface area contributed by atoms with Gasteiger partial charge in [0.05, 0.1) is 3.74 Å². The van der Waals surface area contributed by atoms with E-state index in [-0.39, 0.29) is 17.0 Å². The second-order valence-corrected chi connectivity index (χ2v) is 6.09. The smallest absolute Gasteiger partial charge is 0.0712 e. The molecule has 0 aliphatic rings. The number of alkyl halides is 2. The SMILES string of the molecule is Br.CCC(CC(Br)Br)N(C)C. The lowest BCUT2D eigenvalue weighted by molar-refractivity contribution is 0.279. The fourth-order valence-corrected chi connectivity index (χ4v) is 1.81. The molecule has 0 saturated heterocycles. The van der Waals surface area contributed by atoms with Crippen LogP contribution in [0.25, 0.3) is 0 Å². The minimum atomic E-state index is 0. The molecule has 0 N–H and O–H groups in total. The first-order valence-corrected chi connectivity index (χ1v) is 5.35. The van der Waals surface area contributed by atoms with Crippen LogP contribution in [0.4, 0.5) is 0 Å². The molecule has 0 spiro atoms. The summed E-state index contributed by atoms with van der Waals surface area (Å²) in [4.78, 5) is 2.26. The molecular weight excluding hydrogens is 338 g/mol. The van der Waals surface area contributed by atoms with Gasteiger partial charge in [-0.15, -0.1) is 17.0 Å². The van der Waals surface area contributed by atoms with Gasteiger partial charge in [-0.25, -0.2) is 0 Å². The largest absolute Gasteiger partial charge is 0.306 e. The van der Waals surface area contributed by atoms with Crippen molar-refractivity contribution in [2.24, 2.45) is 0 Å². The van der Waals surface area contributed by atoms with E-state index in [9.17, 15) is 0 Å². The molecule has 70 valence electrons. The molecule has 0 saturated carbocycles. The van der Waals surface area contributed by atoms with E-state index in [1.54, 1.807) is 0 Å². The van der Waals surface area contributed by atoms with Crippen molar-refractivity contribution < 1.29 is 0 Å². The van der Waals surface area contributed by atoms with Crippen LogP contribution in [0.2, 0.25) is 0 Å². The summed E-state index contributed by atoms with van der Waals surface area (Å²) in [6.45, 7) is 2.22. The Labute approximate surface area is 96.9 Å². The fourth-order valence-electron chi connectivity index (χ4n) is 0.948. The Hall–Kier alpha value is 1.40. The van der Waals surface area contributed by atoms with E-state index < -0.39 is 0 Å². The number of hydrogen-bond acceptors (Lipinski definition) is 1. The minimum absolute atomic E-state index is 0. The molecule has 0 aromatic rings. The van der Waals surface area contributed by atoms with Crippen molar-refractivity contribution in [2.45, 2.75) is 29.5 Å². The van der Waals surface area contributed by atoms with Crippen LogP contribution in [0.15, 0.2) is 0 Å². The van der Waals surface area contributed by atoms with Crippen LogP contribution in [0, 0.1) is 0 Å². The van der Waals surface area contributed by atoms with Gasteiger partial charge in [0.25, 0.3) is 0 Å². The van der Waals surface area contributed by atoms with E-state index in [1.165, 1.54) is 6.42 Å². The van der Waals surface area contributed by atoms with Crippen LogP contribution in [0.5, 0.6) is 0 Å². The highest BCUT2D eigenvalue weighted by molar-refractivity contribution is 9.24. The van der Waals surface area contributed by atoms with Crippen LogP contribution in [0.3, 0.4) is 0 Å². The Morgan fingerprint density at radius 2 is 1.73 bits per heavy atom. The molecule has 0 aliphatic carbocycles. The lowest BCUT2D eigenvalue weighted by Crippen LogP contribution is -2.28. The van der Waals surface area contributed by atoms with Crippen molar-refractivity contribution in [3.05, 3.63) is 0 Å². The number of hydrogen-bond donors (Lipinski definition) is 0. The van der Waals surface area contributed by atoms with Gasteiger partial charge in [-0.3, -0.25) is 0 Å². The molecule has 0 aromatic heterocycles.